The van der Waals surface area contributed by atoms with Crippen LogP contribution in [-0.2, 0) is 0 Å². The second-order valence-corrected chi connectivity index (χ2v) is 4.82. The van der Waals surface area contributed by atoms with Crippen molar-refractivity contribution in [3.05, 3.63) is 40.7 Å². The molecule has 1 aliphatic carbocycles. The van der Waals surface area contributed by atoms with Gasteiger partial charge in [-0.1, -0.05) is 6.07 Å². The average molecular weight is 284 g/mol. The van der Waals surface area contributed by atoms with Gasteiger partial charge >= 0.3 is 0 Å². The lowest BCUT2D eigenvalue weighted by atomic mass is 10.2. The van der Waals surface area contributed by atoms with Crippen LogP contribution in [0.25, 0.3) is 10.9 Å². The van der Waals surface area contributed by atoms with E-state index in [4.69, 9.17) is 5.73 Å². The average Bonchev–Trinajstić information content (AvgIpc) is 2.77. The molecule has 1 saturated carbocycles. The van der Waals surface area contributed by atoms with Gasteiger partial charge in [-0.3, -0.25) is 9.36 Å². The molecule has 0 amide bonds. The van der Waals surface area contributed by atoms with E-state index in [1.807, 2.05) is 0 Å². The highest BCUT2D eigenvalue weighted by Crippen LogP contribution is 2.27. The first-order valence-corrected chi connectivity index (χ1v) is 6.08. The summed E-state index contributed by atoms with van der Waals surface area (Å²) in [4.78, 5) is 16.3. The number of hydrogen-bond acceptors (Lipinski definition) is 3. The molecule has 0 aliphatic heterocycles. The Balaban J connectivity index is 0.00000133. The molecular weight excluding hydrogens is 269 g/mol. The van der Waals surface area contributed by atoms with Crippen LogP contribution < -0.4 is 11.3 Å². The lowest BCUT2D eigenvalue weighted by Gasteiger charge is -2.13. The number of rotatable bonds is 1. The summed E-state index contributed by atoms with van der Waals surface area (Å²) in [5.74, 6) is -0.458. The van der Waals surface area contributed by atoms with E-state index in [0.29, 0.717) is 5.39 Å². The van der Waals surface area contributed by atoms with Gasteiger partial charge in [0, 0.05) is 12.1 Å². The second-order valence-electron chi connectivity index (χ2n) is 4.82. The van der Waals surface area contributed by atoms with E-state index < -0.39 is 5.82 Å². The standard InChI is InChI=1S/C13H14FN3O.ClH/c14-11-3-1-2-10-12(11)16-7-17(13(10)18)9-5-4-8(15)6-9;/h1-3,7-9H,4-6,15H2;1H/t8-,9-;/m1./s1. The summed E-state index contributed by atoms with van der Waals surface area (Å²) < 4.78 is 15.1. The van der Waals surface area contributed by atoms with Crippen LogP contribution in [0.15, 0.2) is 29.3 Å². The van der Waals surface area contributed by atoms with Crippen molar-refractivity contribution >= 4 is 23.3 Å². The Morgan fingerprint density at radius 2 is 2.16 bits per heavy atom. The van der Waals surface area contributed by atoms with Gasteiger partial charge in [0.1, 0.15) is 11.3 Å². The molecule has 6 heteroatoms. The fraction of sp³-hybridized carbons (Fsp3) is 0.385. The number of para-hydroxylation sites is 1. The number of nitrogens with two attached hydrogens (primary N) is 1. The van der Waals surface area contributed by atoms with Crippen LogP contribution in [-0.4, -0.2) is 15.6 Å². The molecule has 1 fully saturated rings. The minimum absolute atomic E-state index is 0. The van der Waals surface area contributed by atoms with Crippen LogP contribution in [0.2, 0.25) is 0 Å². The summed E-state index contributed by atoms with van der Waals surface area (Å²) in [7, 11) is 0. The fourth-order valence-corrected chi connectivity index (χ4v) is 2.63. The van der Waals surface area contributed by atoms with Crippen LogP contribution in [0.3, 0.4) is 0 Å². The Labute approximate surface area is 115 Å². The smallest absolute Gasteiger partial charge is 0.261 e. The maximum Gasteiger partial charge on any atom is 0.261 e. The first-order valence-electron chi connectivity index (χ1n) is 6.08. The van der Waals surface area contributed by atoms with Gasteiger partial charge in [-0.2, -0.15) is 0 Å². The lowest BCUT2D eigenvalue weighted by Crippen LogP contribution is -2.25. The number of aromatic nitrogens is 2. The molecule has 0 saturated heterocycles. The molecule has 0 unspecified atom stereocenters. The molecule has 102 valence electrons. The Morgan fingerprint density at radius 3 is 2.84 bits per heavy atom. The summed E-state index contributed by atoms with van der Waals surface area (Å²) in [6, 6.07) is 4.69. The molecule has 3 rings (SSSR count). The third-order valence-corrected chi connectivity index (χ3v) is 3.60. The van der Waals surface area contributed by atoms with Gasteiger partial charge in [0.2, 0.25) is 0 Å². The summed E-state index contributed by atoms with van der Waals surface area (Å²) >= 11 is 0. The zero-order chi connectivity index (χ0) is 12.7. The maximum atomic E-state index is 13.5. The van der Waals surface area contributed by atoms with E-state index in [-0.39, 0.29) is 35.6 Å². The Kier molecular flexibility index (Phi) is 3.87. The van der Waals surface area contributed by atoms with Crippen molar-refractivity contribution in [3.63, 3.8) is 0 Å². The molecule has 0 radical (unpaired) electrons. The number of fused-ring (bicyclic) bond motifs is 1. The number of hydrogen-bond donors (Lipinski definition) is 1. The van der Waals surface area contributed by atoms with Crippen molar-refractivity contribution in [2.45, 2.75) is 31.3 Å². The topological polar surface area (TPSA) is 60.9 Å². The van der Waals surface area contributed by atoms with Crippen LogP contribution in [0.5, 0.6) is 0 Å². The molecule has 0 bridgehead atoms. The van der Waals surface area contributed by atoms with Crippen molar-refractivity contribution in [1.29, 1.82) is 0 Å². The molecular formula is C13H15ClFN3O. The monoisotopic (exact) mass is 283 g/mol. The zero-order valence-corrected chi connectivity index (χ0v) is 11.1. The summed E-state index contributed by atoms with van der Waals surface area (Å²) in [5.41, 5.74) is 5.81. The molecule has 2 N–H and O–H groups in total. The summed E-state index contributed by atoms with van der Waals surface area (Å²) in [5, 5.41) is 0.331. The molecule has 1 aromatic heterocycles. The molecule has 19 heavy (non-hydrogen) atoms. The highest BCUT2D eigenvalue weighted by atomic mass is 35.5. The quantitative estimate of drug-likeness (QED) is 0.871. The van der Waals surface area contributed by atoms with E-state index >= 15 is 0 Å². The SMILES string of the molecule is Cl.N[C@@H]1CC[C@@H](n2cnc3c(F)cccc3c2=O)C1. The molecule has 2 aromatic rings. The van der Waals surface area contributed by atoms with Crippen LogP contribution in [0, 0.1) is 5.82 Å². The normalized spacial score (nSPS) is 22.4. The molecule has 1 aromatic carbocycles. The van der Waals surface area contributed by atoms with Crippen molar-refractivity contribution in [2.24, 2.45) is 5.73 Å². The fourth-order valence-electron chi connectivity index (χ4n) is 2.63. The van der Waals surface area contributed by atoms with E-state index in [1.54, 1.807) is 10.6 Å². The molecule has 4 nitrogen and oxygen atoms in total. The Bertz CT molecular complexity index is 658. The molecule has 0 spiro atoms. The predicted octanol–water partition coefficient (Wildman–Crippen LogP) is 2.01. The first-order chi connectivity index (χ1) is 8.66. The van der Waals surface area contributed by atoms with Crippen LogP contribution >= 0.6 is 12.4 Å². The van der Waals surface area contributed by atoms with E-state index in [9.17, 15) is 9.18 Å². The van der Waals surface area contributed by atoms with E-state index in [1.165, 1.54) is 18.5 Å². The van der Waals surface area contributed by atoms with Crippen molar-refractivity contribution < 1.29 is 4.39 Å². The van der Waals surface area contributed by atoms with Gasteiger partial charge in [-0.15, -0.1) is 12.4 Å². The van der Waals surface area contributed by atoms with Crippen molar-refractivity contribution in [1.82, 2.24) is 9.55 Å². The highest BCUT2D eigenvalue weighted by molar-refractivity contribution is 5.85. The van der Waals surface area contributed by atoms with Crippen molar-refractivity contribution in [2.75, 3.05) is 0 Å². The lowest BCUT2D eigenvalue weighted by molar-refractivity contribution is 0.490. The third-order valence-electron chi connectivity index (χ3n) is 3.60. The number of nitrogens with zero attached hydrogens (tertiary/aromatic N) is 2. The minimum atomic E-state index is -0.458. The van der Waals surface area contributed by atoms with Crippen LogP contribution in [0.4, 0.5) is 4.39 Å². The van der Waals surface area contributed by atoms with Crippen molar-refractivity contribution in [3.8, 4) is 0 Å². The van der Waals surface area contributed by atoms with Gasteiger partial charge in [-0.05, 0) is 31.4 Å². The Morgan fingerprint density at radius 1 is 1.37 bits per heavy atom. The minimum Gasteiger partial charge on any atom is -0.328 e. The Hall–Kier alpha value is -1.46. The molecule has 1 aliphatic rings. The van der Waals surface area contributed by atoms with E-state index in [0.717, 1.165) is 19.3 Å². The highest BCUT2D eigenvalue weighted by Gasteiger charge is 2.24. The van der Waals surface area contributed by atoms with Gasteiger partial charge in [0.05, 0.1) is 11.7 Å². The van der Waals surface area contributed by atoms with Gasteiger partial charge in [0.25, 0.3) is 5.56 Å². The van der Waals surface area contributed by atoms with Gasteiger partial charge in [-0.25, -0.2) is 9.37 Å². The first kappa shape index (κ1) is 14.0. The largest absolute Gasteiger partial charge is 0.328 e. The maximum absolute atomic E-state index is 13.5. The summed E-state index contributed by atoms with van der Waals surface area (Å²) in [6.07, 6.45) is 4.01. The molecule has 1 heterocycles. The van der Waals surface area contributed by atoms with Gasteiger partial charge in [0.15, 0.2) is 0 Å². The zero-order valence-electron chi connectivity index (χ0n) is 10.3. The predicted molar refractivity (Wildman–Crippen MR) is 74.1 cm³/mol. The number of benzene rings is 1. The number of halogens is 2. The second kappa shape index (κ2) is 5.27. The third kappa shape index (κ3) is 2.35. The van der Waals surface area contributed by atoms with Gasteiger partial charge < -0.3 is 5.73 Å². The van der Waals surface area contributed by atoms with E-state index in [2.05, 4.69) is 4.98 Å². The summed E-state index contributed by atoms with van der Waals surface area (Å²) in [6.45, 7) is 0. The molecule has 2 atom stereocenters. The van der Waals surface area contributed by atoms with Crippen LogP contribution in [0.1, 0.15) is 25.3 Å².